The predicted molar refractivity (Wildman–Crippen MR) is 324 cm³/mol. The van der Waals surface area contributed by atoms with E-state index in [1.807, 2.05) is 33.3 Å². The molecule has 0 aliphatic rings. The van der Waals surface area contributed by atoms with Crippen LogP contribution in [-0.4, -0.2) is 82.3 Å². The number of unbranched alkanes of at least 4 members (excludes halogenated alkanes) is 2. The topological polar surface area (TPSA) is 111 Å². The van der Waals surface area contributed by atoms with Crippen LogP contribution in [0.15, 0.2) is 194 Å². The first-order chi connectivity index (χ1) is 37.6. The van der Waals surface area contributed by atoms with Gasteiger partial charge >= 0.3 is 11.9 Å². The summed E-state index contributed by atoms with van der Waals surface area (Å²) < 4.78 is 22.5. The van der Waals surface area contributed by atoms with Gasteiger partial charge in [-0.25, -0.2) is 0 Å². The van der Waals surface area contributed by atoms with Crippen molar-refractivity contribution >= 4 is 17.9 Å². The average Bonchev–Trinajstić information content (AvgIpc) is 3.40. The maximum atomic E-state index is 12.8. The minimum Gasteiger partial charge on any atom is -0.545 e. The van der Waals surface area contributed by atoms with Gasteiger partial charge in [-0.05, 0) is 128 Å². The van der Waals surface area contributed by atoms with E-state index in [0.717, 1.165) is 116 Å². The molecule has 0 spiro atoms. The lowest BCUT2D eigenvalue weighted by Gasteiger charge is -2.26. The number of nitrogens with zero attached hydrogens (tertiary/aromatic N) is 1. The van der Waals surface area contributed by atoms with Crippen LogP contribution in [-0.2, 0) is 33.3 Å². The van der Waals surface area contributed by atoms with E-state index in [2.05, 4.69) is 196 Å². The third kappa shape index (κ3) is 57.7. The van der Waals surface area contributed by atoms with Crippen LogP contribution in [0.4, 0.5) is 0 Å². The van der Waals surface area contributed by atoms with Crippen molar-refractivity contribution in [1.82, 2.24) is 0 Å². The number of carboxylic acids is 1. The number of ether oxygens (including phenoxy) is 4. The quantitative estimate of drug-likeness (QED) is 0.0195. The van der Waals surface area contributed by atoms with E-state index in [9.17, 15) is 19.5 Å². The van der Waals surface area contributed by atoms with Crippen LogP contribution in [0.5, 0.6) is 0 Å². The second-order valence-corrected chi connectivity index (χ2v) is 19.1. The summed E-state index contributed by atoms with van der Waals surface area (Å²) in [7, 11) is 5.86. The molecule has 0 rings (SSSR count). The largest absolute Gasteiger partial charge is 0.545 e. The summed E-state index contributed by atoms with van der Waals surface area (Å²) in [5.41, 5.74) is 0. The van der Waals surface area contributed by atoms with Gasteiger partial charge in [-0.1, -0.05) is 208 Å². The van der Waals surface area contributed by atoms with Crippen LogP contribution in [0.25, 0.3) is 0 Å². The summed E-state index contributed by atoms with van der Waals surface area (Å²) in [6, 6.07) is 0. The zero-order valence-corrected chi connectivity index (χ0v) is 48.2. The molecule has 0 saturated heterocycles. The van der Waals surface area contributed by atoms with Gasteiger partial charge in [0.05, 0.1) is 40.3 Å². The van der Waals surface area contributed by atoms with Gasteiger partial charge in [0.15, 0.2) is 12.4 Å². The second-order valence-electron chi connectivity index (χ2n) is 19.1. The van der Waals surface area contributed by atoms with Crippen molar-refractivity contribution in [2.75, 3.05) is 47.5 Å². The Labute approximate surface area is 468 Å². The van der Waals surface area contributed by atoms with Crippen LogP contribution in [0.3, 0.4) is 0 Å². The Morgan fingerprint density at radius 3 is 1.04 bits per heavy atom. The Kier molecular flexibility index (Phi) is 52.0. The highest BCUT2D eigenvalue weighted by atomic mass is 16.7. The number of rotatable bonds is 49. The molecule has 0 radical (unpaired) electrons. The molecule has 9 nitrogen and oxygen atoms in total. The van der Waals surface area contributed by atoms with Gasteiger partial charge in [0.1, 0.15) is 13.2 Å². The van der Waals surface area contributed by atoms with E-state index in [1.165, 1.54) is 0 Å². The summed E-state index contributed by atoms with van der Waals surface area (Å²) in [6.45, 7) is 4.33. The Morgan fingerprint density at radius 2 is 0.714 bits per heavy atom. The normalized spacial score (nSPS) is 14.2. The lowest BCUT2D eigenvalue weighted by atomic mass is 10.2. The van der Waals surface area contributed by atoms with Gasteiger partial charge in [0.2, 0.25) is 0 Å². The van der Waals surface area contributed by atoms with Crippen molar-refractivity contribution in [2.24, 2.45) is 0 Å². The molecule has 0 fully saturated rings. The Balaban J connectivity index is 4.49. The zero-order valence-electron chi connectivity index (χ0n) is 48.2. The molecule has 0 bridgehead atoms. The first kappa shape index (κ1) is 71.1. The summed E-state index contributed by atoms with van der Waals surface area (Å²) in [5, 5.41) is 11.8. The van der Waals surface area contributed by atoms with Gasteiger partial charge in [-0.3, -0.25) is 9.59 Å². The molecule has 0 heterocycles. The van der Waals surface area contributed by atoms with E-state index >= 15 is 0 Å². The third-order valence-electron chi connectivity index (χ3n) is 10.9. The number of hydrogen-bond acceptors (Lipinski definition) is 8. The molecule has 2 atom stereocenters. The Hall–Kier alpha value is -5.87. The molecule has 0 aliphatic carbocycles. The van der Waals surface area contributed by atoms with E-state index in [0.29, 0.717) is 23.9 Å². The lowest BCUT2D eigenvalue weighted by molar-refractivity contribution is -0.870. The predicted octanol–water partition coefficient (Wildman–Crippen LogP) is 15.8. The van der Waals surface area contributed by atoms with E-state index in [-0.39, 0.29) is 32.7 Å². The van der Waals surface area contributed by atoms with Crippen molar-refractivity contribution in [2.45, 2.75) is 167 Å². The number of likely N-dealkylation sites (N-methyl/N-ethyl adjacent to an activating group) is 1. The molecular formula is C68H101NO8. The van der Waals surface area contributed by atoms with Crippen LogP contribution in [0.1, 0.15) is 155 Å². The number of allylic oxidation sites excluding steroid dienone is 32. The monoisotopic (exact) mass is 1060 g/mol. The summed E-state index contributed by atoms with van der Waals surface area (Å²) >= 11 is 0. The molecule has 2 unspecified atom stereocenters. The molecule has 0 saturated carbocycles. The maximum Gasteiger partial charge on any atom is 0.306 e. The lowest BCUT2D eigenvalue weighted by Crippen LogP contribution is -2.44. The summed E-state index contributed by atoms with van der Waals surface area (Å²) in [4.78, 5) is 37.2. The van der Waals surface area contributed by atoms with Gasteiger partial charge < -0.3 is 33.3 Å². The van der Waals surface area contributed by atoms with Gasteiger partial charge in [-0.15, -0.1) is 0 Å². The molecule has 0 N–H and O–H groups in total. The number of carbonyl (C=O) groups is 3. The first-order valence-corrected chi connectivity index (χ1v) is 28.6. The van der Waals surface area contributed by atoms with Crippen molar-refractivity contribution in [3.8, 4) is 0 Å². The third-order valence-corrected chi connectivity index (χ3v) is 10.9. The van der Waals surface area contributed by atoms with Gasteiger partial charge in [-0.2, -0.15) is 0 Å². The molecule has 0 aromatic carbocycles. The molecular weight excluding hydrogens is 959 g/mol. The zero-order chi connectivity index (χ0) is 56.2. The fourth-order valence-electron chi connectivity index (χ4n) is 6.53. The fraction of sp³-hybridized carbons (Fsp3) is 0.485. The van der Waals surface area contributed by atoms with Gasteiger partial charge in [0.25, 0.3) is 0 Å². The highest BCUT2D eigenvalue weighted by molar-refractivity contribution is 5.70. The molecule has 426 valence electrons. The number of carboxylic acid groups (broad SMARTS) is 1. The molecule has 0 amide bonds. The van der Waals surface area contributed by atoms with Crippen molar-refractivity contribution in [1.29, 1.82) is 0 Å². The highest BCUT2D eigenvalue weighted by Crippen LogP contribution is 2.09. The molecule has 0 aliphatic heterocycles. The van der Waals surface area contributed by atoms with Crippen molar-refractivity contribution < 1.29 is 42.9 Å². The number of carbonyl (C=O) groups excluding carboxylic acids is 3. The number of esters is 2. The Bertz CT molecular complexity index is 1960. The average molecular weight is 1060 g/mol. The van der Waals surface area contributed by atoms with Crippen molar-refractivity contribution in [3.63, 3.8) is 0 Å². The van der Waals surface area contributed by atoms with Crippen LogP contribution in [0, 0.1) is 0 Å². The molecule has 0 aromatic rings. The Morgan fingerprint density at radius 1 is 0.390 bits per heavy atom. The van der Waals surface area contributed by atoms with E-state index in [1.54, 1.807) is 0 Å². The van der Waals surface area contributed by atoms with E-state index < -0.39 is 30.3 Å². The maximum absolute atomic E-state index is 12.8. The van der Waals surface area contributed by atoms with Crippen molar-refractivity contribution in [3.05, 3.63) is 194 Å². The highest BCUT2D eigenvalue weighted by Gasteiger charge is 2.21. The fourth-order valence-corrected chi connectivity index (χ4v) is 6.53. The number of hydrogen-bond donors (Lipinski definition) is 0. The van der Waals surface area contributed by atoms with E-state index in [4.69, 9.17) is 18.9 Å². The summed E-state index contributed by atoms with van der Waals surface area (Å²) in [5.74, 6) is -2.49. The molecule has 9 heteroatoms. The summed E-state index contributed by atoms with van der Waals surface area (Å²) in [6.07, 6.45) is 85.0. The first-order valence-electron chi connectivity index (χ1n) is 28.6. The smallest absolute Gasteiger partial charge is 0.306 e. The number of aliphatic carboxylic acids is 1. The SMILES string of the molecule is CC/C=C\C/C=C\C/C=C\C/C=C\C/C=C\C/C=C\C/C=C\C/C=C\C/C=C\C/C=C\CCCCC(=O)OC(COC(=O)CC/C=C\C/C=C\C/C=C\C/C=C\C/C=C\C/C=C\CC)COC(OCC[N+](C)(C)C)C(=O)[O-]. The molecule has 0 aromatic heterocycles. The minimum atomic E-state index is -1.66. The minimum absolute atomic E-state index is 0.115. The van der Waals surface area contributed by atoms with Gasteiger partial charge in [0, 0.05) is 12.8 Å². The van der Waals surface area contributed by atoms with Crippen LogP contribution in [0.2, 0.25) is 0 Å². The number of quaternary nitrogens is 1. The van der Waals surface area contributed by atoms with Crippen LogP contribution >= 0.6 is 0 Å². The standard InChI is InChI=1S/C68H101NO8/c1-6-8-10-12-14-16-18-20-22-24-26-27-28-29-30-31-32-33-34-35-36-37-38-39-41-43-45-47-49-51-53-55-57-59-66(71)77-64(63-76-68(67(72)73)74-61-60-69(3,4)5)62-75-65(70)58-56-54-52-50-48-46-44-42-40-25-23-21-19-17-15-13-11-9-7-2/h8-11,14-17,20-23,26-27,29-30,32-33,35-36,38-40,42-43,45-46,48-49,51-52,54,64,68H,6-7,12-13,18-19,24-25,28,31,34,37,41,44,47,50,53,55-63H2,1-5H3/b10-8-,11-9-,16-14-,17-15-,22-20-,23-21-,27-26-,30-29-,33-32-,36-35-,39-38-,42-40-,45-43-,48-46-,51-49-,54-52-. The molecule has 77 heavy (non-hydrogen) atoms. The second kappa shape index (κ2) is 56.3. The van der Waals surface area contributed by atoms with Crippen LogP contribution < -0.4 is 5.11 Å².